The van der Waals surface area contributed by atoms with Gasteiger partial charge in [0.15, 0.2) is 0 Å². The summed E-state index contributed by atoms with van der Waals surface area (Å²) < 4.78 is 0. The van der Waals surface area contributed by atoms with E-state index in [0.29, 0.717) is 11.8 Å². The fourth-order valence-corrected chi connectivity index (χ4v) is 2.75. The topological polar surface area (TPSA) is 40.5 Å². The van der Waals surface area contributed by atoms with Crippen molar-refractivity contribution < 1.29 is 10.2 Å². The van der Waals surface area contributed by atoms with Gasteiger partial charge in [-0.05, 0) is 44.4 Å². The largest absolute Gasteiger partial charge is 0.393 e. The fourth-order valence-electron chi connectivity index (χ4n) is 2.75. The van der Waals surface area contributed by atoms with Gasteiger partial charge >= 0.3 is 0 Å². The van der Waals surface area contributed by atoms with Crippen LogP contribution in [0, 0.1) is 11.8 Å². The van der Waals surface area contributed by atoms with Gasteiger partial charge in [-0.3, -0.25) is 0 Å². The zero-order valence-electron chi connectivity index (χ0n) is 9.45. The molecular formula is C12H24O2. The lowest BCUT2D eigenvalue weighted by atomic mass is 9.73. The highest BCUT2D eigenvalue weighted by atomic mass is 16.3. The maximum absolute atomic E-state index is 9.84. The van der Waals surface area contributed by atoms with Crippen LogP contribution in [0.25, 0.3) is 0 Å². The van der Waals surface area contributed by atoms with Crippen molar-refractivity contribution in [2.45, 2.75) is 64.6 Å². The van der Waals surface area contributed by atoms with Gasteiger partial charge in [0, 0.05) is 0 Å². The SMILES string of the molecule is CCC1C(O)CCC[C@@H]1CCC(C)O. The molecule has 3 unspecified atom stereocenters. The standard InChI is InChI=1S/C12H24O2/c1-3-11-10(8-7-9(2)13)5-4-6-12(11)14/h9-14H,3-8H2,1-2H3/t9?,10-,11?,12?/m1/s1. The third kappa shape index (κ3) is 3.25. The molecule has 0 amide bonds. The van der Waals surface area contributed by atoms with Gasteiger partial charge in [-0.15, -0.1) is 0 Å². The molecule has 0 saturated heterocycles. The molecular weight excluding hydrogens is 176 g/mol. The zero-order chi connectivity index (χ0) is 10.6. The van der Waals surface area contributed by atoms with Gasteiger partial charge in [0.2, 0.25) is 0 Å². The van der Waals surface area contributed by atoms with Gasteiger partial charge in [0.05, 0.1) is 12.2 Å². The molecule has 0 spiro atoms. The average molecular weight is 200 g/mol. The minimum Gasteiger partial charge on any atom is -0.393 e. The fraction of sp³-hybridized carbons (Fsp3) is 1.00. The zero-order valence-corrected chi connectivity index (χ0v) is 9.45. The van der Waals surface area contributed by atoms with E-state index in [4.69, 9.17) is 0 Å². The van der Waals surface area contributed by atoms with Crippen LogP contribution < -0.4 is 0 Å². The van der Waals surface area contributed by atoms with Crippen LogP contribution in [-0.4, -0.2) is 22.4 Å². The number of aliphatic hydroxyl groups is 2. The first kappa shape index (κ1) is 12.0. The molecule has 0 aromatic heterocycles. The van der Waals surface area contributed by atoms with E-state index in [9.17, 15) is 10.2 Å². The highest BCUT2D eigenvalue weighted by molar-refractivity contribution is 4.81. The van der Waals surface area contributed by atoms with Gasteiger partial charge in [0.1, 0.15) is 0 Å². The van der Waals surface area contributed by atoms with Crippen LogP contribution in [0.1, 0.15) is 52.4 Å². The van der Waals surface area contributed by atoms with Crippen molar-refractivity contribution in [1.29, 1.82) is 0 Å². The lowest BCUT2D eigenvalue weighted by Gasteiger charge is -2.35. The molecule has 1 aliphatic rings. The van der Waals surface area contributed by atoms with Crippen molar-refractivity contribution in [3.63, 3.8) is 0 Å². The Labute approximate surface area is 87.3 Å². The smallest absolute Gasteiger partial charge is 0.0570 e. The minimum atomic E-state index is -0.188. The molecule has 0 radical (unpaired) electrons. The van der Waals surface area contributed by atoms with Crippen LogP contribution in [0.5, 0.6) is 0 Å². The summed E-state index contributed by atoms with van der Waals surface area (Å²) >= 11 is 0. The molecule has 2 N–H and O–H groups in total. The number of hydrogen-bond acceptors (Lipinski definition) is 2. The predicted molar refractivity (Wildman–Crippen MR) is 58.0 cm³/mol. The van der Waals surface area contributed by atoms with Crippen molar-refractivity contribution >= 4 is 0 Å². The Kier molecular flexibility index (Phi) is 4.90. The van der Waals surface area contributed by atoms with Crippen molar-refractivity contribution in [2.24, 2.45) is 11.8 Å². The normalized spacial score (nSPS) is 35.6. The summed E-state index contributed by atoms with van der Waals surface area (Å²) in [6, 6.07) is 0. The van der Waals surface area contributed by atoms with Gasteiger partial charge in [0.25, 0.3) is 0 Å². The number of aliphatic hydroxyl groups excluding tert-OH is 2. The first-order valence-electron chi connectivity index (χ1n) is 6.01. The van der Waals surface area contributed by atoms with E-state index in [1.165, 1.54) is 6.42 Å². The molecule has 1 saturated carbocycles. The van der Waals surface area contributed by atoms with E-state index < -0.39 is 0 Å². The molecule has 2 heteroatoms. The quantitative estimate of drug-likeness (QED) is 0.731. The molecule has 0 heterocycles. The Morgan fingerprint density at radius 1 is 1.36 bits per heavy atom. The van der Waals surface area contributed by atoms with Gasteiger partial charge in [-0.1, -0.05) is 19.8 Å². The van der Waals surface area contributed by atoms with Crippen LogP contribution >= 0.6 is 0 Å². The van der Waals surface area contributed by atoms with Crippen molar-refractivity contribution in [2.75, 3.05) is 0 Å². The lowest BCUT2D eigenvalue weighted by Crippen LogP contribution is -2.32. The van der Waals surface area contributed by atoms with Gasteiger partial charge < -0.3 is 10.2 Å². The third-order valence-electron chi connectivity index (χ3n) is 3.60. The third-order valence-corrected chi connectivity index (χ3v) is 3.60. The van der Waals surface area contributed by atoms with Crippen LogP contribution in [0.15, 0.2) is 0 Å². The first-order chi connectivity index (χ1) is 6.65. The molecule has 0 bridgehead atoms. The second kappa shape index (κ2) is 5.72. The maximum Gasteiger partial charge on any atom is 0.0570 e. The summed E-state index contributed by atoms with van der Waals surface area (Å²) in [5, 5.41) is 19.1. The second-order valence-electron chi connectivity index (χ2n) is 4.76. The minimum absolute atomic E-state index is 0.0900. The molecule has 0 aromatic carbocycles. The summed E-state index contributed by atoms with van der Waals surface area (Å²) in [4.78, 5) is 0. The van der Waals surface area contributed by atoms with Crippen molar-refractivity contribution in [3.8, 4) is 0 Å². The first-order valence-corrected chi connectivity index (χ1v) is 6.01. The molecule has 14 heavy (non-hydrogen) atoms. The van der Waals surface area contributed by atoms with E-state index >= 15 is 0 Å². The van der Waals surface area contributed by atoms with E-state index in [1.807, 2.05) is 6.92 Å². The van der Waals surface area contributed by atoms with Crippen molar-refractivity contribution in [3.05, 3.63) is 0 Å². The Morgan fingerprint density at radius 3 is 2.64 bits per heavy atom. The molecule has 0 aliphatic heterocycles. The second-order valence-corrected chi connectivity index (χ2v) is 4.76. The molecule has 2 nitrogen and oxygen atoms in total. The summed E-state index contributed by atoms with van der Waals surface area (Å²) in [5.74, 6) is 1.11. The molecule has 0 aromatic rings. The van der Waals surface area contributed by atoms with Crippen LogP contribution in [0.2, 0.25) is 0 Å². The van der Waals surface area contributed by atoms with E-state index in [2.05, 4.69) is 6.92 Å². The molecule has 84 valence electrons. The number of hydrogen-bond donors (Lipinski definition) is 2. The van der Waals surface area contributed by atoms with E-state index in [1.54, 1.807) is 0 Å². The Bertz CT molecular complexity index is 156. The Morgan fingerprint density at radius 2 is 2.07 bits per heavy atom. The summed E-state index contributed by atoms with van der Waals surface area (Å²) in [7, 11) is 0. The van der Waals surface area contributed by atoms with Crippen LogP contribution in [0.4, 0.5) is 0 Å². The molecule has 1 aliphatic carbocycles. The maximum atomic E-state index is 9.84. The molecule has 1 rings (SSSR count). The summed E-state index contributed by atoms with van der Waals surface area (Å²) in [6.07, 6.45) is 6.13. The summed E-state index contributed by atoms with van der Waals surface area (Å²) in [6.45, 7) is 4.01. The van der Waals surface area contributed by atoms with E-state index in [-0.39, 0.29) is 12.2 Å². The van der Waals surface area contributed by atoms with Crippen molar-refractivity contribution in [1.82, 2.24) is 0 Å². The van der Waals surface area contributed by atoms with Gasteiger partial charge in [-0.25, -0.2) is 0 Å². The average Bonchev–Trinajstić information content (AvgIpc) is 2.14. The lowest BCUT2D eigenvalue weighted by molar-refractivity contribution is 0.0224. The predicted octanol–water partition coefficient (Wildman–Crippen LogP) is 2.33. The van der Waals surface area contributed by atoms with E-state index in [0.717, 1.165) is 32.1 Å². The monoisotopic (exact) mass is 200 g/mol. The molecule has 4 atom stereocenters. The summed E-state index contributed by atoms with van der Waals surface area (Å²) in [5.41, 5.74) is 0. The van der Waals surface area contributed by atoms with Gasteiger partial charge in [-0.2, -0.15) is 0 Å². The Balaban J connectivity index is 2.39. The number of rotatable bonds is 4. The van der Waals surface area contributed by atoms with Crippen LogP contribution in [0.3, 0.4) is 0 Å². The van der Waals surface area contributed by atoms with Crippen LogP contribution in [-0.2, 0) is 0 Å². The highest BCUT2D eigenvalue weighted by Gasteiger charge is 2.30. The molecule has 1 fully saturated rings. The Hall–Kier alpha value is -0.0800. The highest BCUT2D eigenvalue weighted by Crippen LogP contribution is 2.35.